The van der Waals surface area contributed by atoms with Gasteiger partial charge in [0.15, 0.2) is 0 Å². The van der Waals surface area contributed by atoms with Crippen LogP contribution in [-0.4, -0.2) is 73.3 Å². The molecule has 0 fully saturated rings. The monoisotopic (exact) mass is 544 g/mol. The number of esters is 4. The molecular weight excluding hydrogens is 508 g/mol. The highest BCUT2D eigenvalue weighted by Crippen LogP contribution is 2.23. The Morgan fingerprint density at radius 1 is 0.455 bits per heavy atom. The Labute approximate surface area is 218 Å². The third-order valence-electron chi connectivity index (χ3n) is 4.31. The molecule has 0 aromatic carbocycles. The van der Waals surface area contributed by atoms with E-state index in [-0.39, 0.29) is 52.1 Å². The molecule has 0 heterocycles. The number of rotatable bonds is 20. The lowest BCUT2D eigenvalue weighted by molar-refractivity contribution is -0.170. The van der Waals surface area contributed by atoms with Crippen LogP contribution in [0.25, 0.3) is 0 Å². The number of carbonyl (C=O) groups excluding carboxylic acids is 4. The van der Waals surface area contributed by atoms with E-state index in [4.69, 9.17) is 18.9 Å². The first kappa shape index (κ1) is 32.3. The van der Waals surface area contributed by atoms with Crippen LogP contribution >= 0.6 is 50.5 Å². The topological polar surface area (TPSA) is 105 Å². The molecule has 0 bridgehead atoms. The Kier molecular flexibility index (Phi) is 20.2. The van der Waals surface area contributed by atoms with Crippen LogP contribution in [0, 0.1) is 5.41 Å². The second-order valence-electron chi connectivity index (χ2n) is 7.45. The van der Waals surface area contributed by atoms with Crippen LogP contribution in [0.3, 0.4) is 0 Å². The molecule has 0 saturated carbocycles. The molecule has 0 aromatic heterocycles. The molecule has 0 amide bonds. The molecular formula is C21H36O8S4. The van der Waals surface area contributed by atoms with E-state index in [9.17, 15) is 19.2 Å². The molecule has 0 radical (unpaired) electrons. The van der Waals surface area contributed by atoms with E-state index in [0.29, 0.717) is 48.7 Å². The van der Waals surface area contributed by atoms with Gasteiger partial charge in [-0.3, -0.25) is 19.2 Å². The average Bonchev–Trinajstić information content (AvgIpc) is 2.82. The van der Waals surface area contributed by atoms with Crippen LogP contribution in [0.4, 0.5) is 0 Å². The van der Waals surface area contributed by atoms with E-state index in [0.717, 1.165) is 0 Å². The van der Waals surface area contributed by atoms with Crippen molar-refractivity contribution in [2.24, 2.45) is 5.41 Å². The molecule has 8 nitrogen and oxygen atoms in total. The maximum atomic E-state index is 12.1. The number of hydrogen-bond donors (Lipinski definition) is 4. The summed E-state index contributed by atoms with van der Waals surface area (Å²) in [6.45, 7) is -1.01. The van der Waals surface area contributed by atoms with Crippen molar-refractivity contribution in [1.29, 1.82) is 0 Å². The van der Waals surface area contributed by atoms with Gasteiger partial charge in [0.05, 0.1) is 0 Å². The zero-order valence-corrected chi connectivity index (χ0v) is 22.4. The van der Waals surface area contributed by atoms with E-state index in [1.165, 1.54) is 0 Å². The maximum Gasteiger partial charge on any atom is 0.305 e. The van der Waals surface area contributed by atoms with Crippen molar-refractivity contribution < 1.29 is 38.1 Å². The van der Waals surface area contributed by atoms with Gasteiger partial charge in [-0.15, -0.1) is 0 Å². The van der Waals surface area contributed by atoms with Gasteiger partial charge in [0, 0.05) is 25.7 Å². The van der Waals surface area contributed by atoms with Gasteiger partial charge in [-0.2, -0.15) is 50.5 Å². The Balaban J connectivity index is 5.42. The van der Waals surface area contributed by atoms with Gasteiger partial charge in [0.25, 0.3) is 0 Å². The number of ether oxygens (including phenoxy) is 4. The minimum absolute atomic E-state index is 0.158. The number of hydrogen-bond acceptors (Lipinski definition) is 12. The van der Waals surface area contributed by atoms with Crippen molar-refractivity contribution in [3.8, 4) is 0 Å². The highest BCUT2D eigenvalue weighted by atomic mass is 32.1. The molecule has 0 aliphatic rings. The fourth-order valence-electron chi connectivity index (χ4n) is 2.37. The normalized spacial score (nSPS) is 11.0. The maximum absolute atomic E-state index is 12.1. The summed E-state index contributed by atoms with van der Waals surface area (Å²) >= 11 is 16.3. The Morgan fingerprint density at radius 2 is 0.667 bits per heavy atom. The van der Waals surface area contributed by atoms with Crippen LogP contribution in [0.2, 0.25) is 0 Å². The minimum Gasteiger partial charge on any atom is -0.465 e. The van der Waals surface area contributed by atoms with Gasteiger partial charge >= 0.3 is 23.9 Å². The molecule has 0 atom stereocenters. The molecule has 0 saturated heterocycles. The van der Waals surface area contributed by atoms with Crippen molar-refractivity contribution in [1.82, 2.24) is 0 Å². The Bertz CT molecular complexity index is 487. The lowest BCUT2D eigenvalue weighted by Gasteiger charge is -2.31. The Morgan fingerprint density at radius 3 is 0.848 bits per heavy atom. The molecule has 0 unspecified atom stereocenters. The van der Waals surface area contributed by atoms with Gasteiger partial charge < -0.3 is 18.9 Å². The van der Waals surface area contributed by atoms with E-state index in [2.05, 4.69) is 50.5 Å². The zero-order valence-electron chi connectivity index (χ0n) is 18.9. The SMILES string of the molecule is O=C(CCCS)OCC(COC(=O)CCCS)(COC(=O)CCCS)COC(=O)CCCS. The second kappa shape index (κ2) is 20.6. The third-order valence-corrected chi connectivity index (χ3v) is 5.58. The number of carbonyl (C=O) groups is 4. The highest BCUT2D eigenvalue weighted by molar-refractivity contribution is 7.80. The molecule has 12 heteroatoms. The fourth-order valence-corrected chi connectivity index (χ4v) is 3.00. The largest absolute Gasteiger partial charge is 0.465 e. The van der Waals surface area contributed by atoms with Gasteiger partial charge in [0.1, 0.15) is 31.8 Å². The first-order chi connectivity index (χ1) is 15.8. The molecule has 0 N–H and O–H groups in total. The van der Waals surface area contributed by atoms with Crippen molar-refractivity contribution in [3.63, 3.8) is 0 Å². The minimum atomic E-state index is -1.24. The smallest absolute Gasteiger partial charge is 0.305 e. The van der Waals surface area contributed by atoms with E-state index in [1.807, 2.05) is 0 Å². The van der Waals surface area contributed by atoms with E-state index in [1.54, 1.807) is 0 Å². The van der Waals surface area contributed by atoms with Gasteiger partial charge in [-0.1, -0.05) is 0 Å². The molecule has 0 aromatic rings. The predicted molar refractivity (Wildman–Crippen MR) is 139 cm³/mol. The zero-order chi connectivity index (χ0) is 25.0. The average molecular weight is 545 g/mol. The summed E-state index contributed by atoms with van der Waals surface area (Å²) < 4.78 is 21.5. The lowest BCUT2D eigenvalue weighted by atomic mass is 9.92. The summed E-state index contributed by atoms with van der Waals surface area (Å²) in [6.07, 6.45) is 2.76. The predicted octanol–water partition coefficient (Wildman–Crippen LogP) is 2.99. The highest BCUT2D eigenvalue weighted by Gasteiger charge is 2.37. The number of thiol groups is 4. The second-order valence-corrected chi connectivity index (χ2v) is 9.24. The summed E-state index contributed by atoms with van der Waals surface area (Å²) in [4.78, 5) is 48.3. The van der Waals surface area contributed by atoms with Crippen LogP contribution in [0.1, 0.15) is 51.4 Å². The van der Waals surface area contributed by atoms with Crippen LogP contribution < -0.4 is 0 Å². The molecule has 0 spiro atoms. The molecule has 0 rings (SSSR count). The van der Waals surface area contributed by atoms with Crippen LogP contribution in [0.15, 0.2) is 0 Å². The van der Waals surface area contributed by atoms with Gasteiger partial charge in [-0.25, -0.2) is 0 Å². The quantitative estimate of drug-likeness (QED) is 0.105. The molecule has 192 valence electrons. The summed E-state index contributed by atoms with van der Waals surface area (Å²) in [5.74, 6) is 0.192. The molecule has 0 aliphatic heterocycles. The van der Waals surface area contributed by atoms with Crippen molar-refractivity contribution in [3.05, 3.63) is 0 Å². The van der Waals surface area contributed by atoms with Gasteiger partial charge in [0.2, 0.25) is 0 Å². The standard InChI is InChI=1S/C21H36O8S4/c22-17(5-1-9-30)26-13-21(14-27-18(23)6-2-10-31,15-28-19(24)7-3-11-32)16-29-20(25)8-4-12-33/h30-33H,1-16H2. The molecule has 33 heavy (non-hydrogen) atoms. The lowest BCUT2D eigenvalue weighted by Crippen LogP contribution is -2.44. The van der Waals surface area contributed by atoms with Crippen molar-refractivity contribution in [2.45, 2.75) is 51.4 Å². The summed E-state index contributed by atoms with van der Waals surface area (Å²) in [7, 11) is 0. The van der Waals surface area contributed by atoms with Gasteiger partial charge in [-0.05, 0) is 48.7 Å². The first-order valence-corrected chi connectivity index (χ1v) is 13.4. The third kappa shape index (κ3) is 17.4. The van der Waals surface area contributed by atoms with Crippen LogP contribution in [0.5, 0.6) is 0 Å². The first-order valence-electron chi connectivity index (χ1n) is 10.9. The van der Waals surface area contributed by atoms with E-state index >= 15 is 0 Å². The molecule has 0 aliphatic carbocycles. The summed E-state index contributed by atoms with van der Waals surface area (Å²) in [5, 5.41) is 0. The fraction of sp³-hybridized carbons (Fsp3) is 0.810. The van der Waals surface area contributed by atoms with Crippen LogP contribution in [-0.2, 0) is 38.1 Å². The Hall–Kier alpha value is -0.720. The van der Waals surface area contributed by atoms with Crippen molar-refractivity contribution in [2.75, 3.05) is 49.4 Å². The summed E-state index contributed by atoms with van der Waals surface area (Å²) in [6, 6.07) is 0. The van der Waals surface area contributed by atoms with Crippen molar-refractivity contribution >= 4 is 74.4 Å². The van der Waals surface area contributed by atoms with E-state index < -0.39 is 29.3 Å². The summed E-state index contributed by atoms with van der Waals surface area (Å²) in [5.41, 5.74) is -1.24.